The topological polar surface area (TPSA) is 120 Å². The van der Waals surface area contributed by atoms with Crippen LogP contribution in [-0.2, 0) is 9.47 Å². The lowest BCUT2D eigenvalue weighted by molar-refractivity contribution is -0.0660. The second-order valence-corrected chi connectivity index (χ2v) is 10.2. The Morgan fingerprint density at radius 1 is 0.900 bits per heavy atom. The van der Waals surface area contributed by atoms with Gasteiger partial charge < -0.3 is 24.4 Å². The van der Waals surface area contributed by atoms with E-state index in [-0.39, 0.29) is 6.10 Å². The zero-order chi connectivity index (χ0) is 27.3. The maximum Gasteiger partial charge on any atom is 0.161 e. The third-order valence-corrected chi connectivity index (χ3v) is 7.66. The predicted molar refractivity (Wildman–Crippen MR) is 149 cm³/mol. The van der Waals surface area contributed by atoms with E-state index in [9.17, 15) is 10.5 Å². The molecule has 204 valence electrons. The average molecular weight is 538 g/mol. The first kappa shape index (κ1) is 26.0. The van der Waals surface area contributed by atoms with Gasteiger partial charge in [0.2, 0.25) is 0 Å². The highest BCUT2D eigenvalue weighted by Crippen LogP contribution is 2.29. The molecule has 3 saturated heterocycles. The molecule has 10 heteroatoms. The molecule has 1 N–H and O–H groups in total. The maximum absolute atomic E-state index is 9.90. The maximum atomic E-state index is 9.90. The molecule has 6 rings (SSSR count). The van der Waals surface area contributed by atoms with Crippen LogP contribution in [0.2, 0.25) is 0 Å². The van der Waals surface area contributed by atoms with Crippen molar-refractivity contribution in [3.8, 4) is 29.3 Å². The van der Waals surface area contributed by atoms with Gasteiger partial charge >= 0.3 is 0 Å². The van der Waals surface area contributed by atoms with E-state index in [2.05, 4.69) is 37.2 Å². The first-order chi connectivity index (χ1) is 19.7. The van der Waals surface area contributed by atoms with Gasteiger partial charge in [-0.2, -0.15) is 10.5 Å². The molecular weight excluding hydrogens is 506 g/mol. The van der Waals surface area contributed by atoms with E-state index in [1.807, 2.05) is 30.3 Å². The second kappa shape index (κ2) is 11.9. The fourth-order valence-corrected chi connectivity index (χ4v) is 5.29. The number of nitrogens with one attached hydrogen (secondary N) is 1. The van der Waals surface area contributed by atoms with Gasteiger partial charge in [0.05, 0.1) is 49.3 Å². The molecule has 0 bridgehead atoms. The van der Waals surface area contributed by atoms with Gasteiger partial charge in [0, 0.05) is 56.5 Å². The minimum absolute atomic E-state index is 0.0483. The normalized spacial score (nSPS) is 18.4. The minimum atomic E-state index is 0.0483. The summed E-state index contributed by atoms with van der Waals surface area (Å²) in [6.07, 6.45) is 3.34. The Hall–Kier alpha value is -4.22. The first-order valence-electron chi connectivity index (χ1n) is 13.7. The number of piperazine rings is 1. The molecule has 3 fully saturated rings. The summed E-state index contributed by atoms with van der Waals surface area (Å²) in [5.74, 6) is 1.65. The van der Waals surface area contributed by atoms with Crippen molar-refractivity contribution in [3.63, 3.8) is 0 Å². The van der Waals surface area contributed by atoms with Gasteiger partial charge in [-0.1, -0.05) is 0 Å². The van der Waals surface area contributed by atoms with Gasteiger partial charge in [-0.3, -0.25) is 4.90 Å². The van der Waals surface area contributed by atoms with Crippen molar-refractivity contribution in [1.82, 2.24) is 14.9 Å². The summed E-state index contributed by atoms with van der Waals surface area (Å²) >= 11 is 0. The quantitative estimate of drug-likeness (QED) is 0.478. The van der Waals surface area contributed by atoms with Crippen LogP contribution in [0, 0.1) is 22.7 Å². The van der Waals surface area contributed by atoms with Crippen molar-refractivity contribution in [2.24, 2.45) is 0 Å². The molecule has 0 radical (unpaired) electrons. The molecule has 0 atom stereocenters. The molecule has 0 spiro atoms. The first-order valence-corrected chi connectivity index (χ1v) is 13.7. The van der Waals surface area contributed by atoms with Crippen LogP contribution >= 0.6 is 0 Å². The lowest BCUT2D eigenvalue weighted by Gasteiger charge is -2.43. The monoisotopic (exact) mass is 537 g/mol. The van der Waals surface area contributed by atoms with Crippen LogP contribution in [-0.4, -0.2) is 79.6 Å². The van der Waals surface area contributed by atoms with Gasteiger partial charge in [0.15, 0.2) is 5.82 Å². The van der Waals surface area contributed by atoms with Crippen LogP contribution in [0.5, 0.6) is 5.75 Å². The van der Waals surface area contributed by atoms with E-state index >= 15 is 0 Å². The van der Waals surface area contributed by atoms with Gasteiger partial charge in [-0.05, 0) is 42.5 Å². The van der Waals surface area contributed by atoms with E-state index in [1.165, 1.54) is 0 Å². The summed E-state index contributed by atoms with van der Waals surface area (Å²) in [4.78, 5) is 13.8. The molecule has 3 aromatic rings. The van der Waals surface area contributed by atoms with Gasteiger partial charge in [-0.25, -0.2) is 9.97 Å². The zero-order valence-corrected chi connectivity index (χ0v) is 22.3. The Balaban J connectivity index is 1.14. The lowest BCUT2D eigenvalue weighted by atomic mass is 10.1. The molecule has 3 aliphatic rings. The van der Waals surface area contributed by atoms with Crippen molar-refractivity contribution >= 4 is 17.2 Å². The number of nitrogens with zero attached hydrogens (tertiary/aromatic N) is 6. The van der Waals surface area contributed by atoms with E-state index in [1.54, 1.807) is 18.3 Å². The molecular formula is C30H31N7O3. The van der Waals surface area contributed by atoms with E-state index in [0.717, 1.165) is 69.2 Å². The van der Waals surface area contributed by atoms with Crippen molar-refractivity contribution in [2.45, 2.75) is 25.0 Å². The fraction of sp³-hybridized carbons (Fsp3) is 0.400. The van der Waals surface area contributed by atoms with Crippen LogP contribution in [0.25, 0.3) is 11.4 Å². The lowest BCUT2D eigenvalue weighted by Crippen LogP contribution is -2.56. The molecule has 4 heterocycles. The number of hydrogen-bond donors (Lipinski definition) is 1. The number of rotatable bonds is 7. The Bertz CT molecular complexity index is 1430. The number of hydrogen-bond acceptors (Lipinski definition) is 10. The Labute approximate surface area is 233 Å². The van der Waals surface area contributed by atoms with Crippen LogP contribution in [0.4, 0.5) is 17.2 Å². The number of ether oxygens (including phenoxy) is 3. The van der Waals surface area contributed by atoms with Crippen LogP contribution in [0.1, 0.15) is 24.0 Å². The van der Waals surface area contributed by atoms with Crippen molar-refractivity contribution in [3.05, 3.63) is 59.8 Å². The van der Waals surface area contributed by atoms with Gasteiger partial charge in [0.1, 0.15) is 29.8 Å². The molecule has 1 aromatic heterocycles. The Kier molecular flexibility index (Phi) is 7.73. The Morgan fingerprint density at radius 2 is 1.70 bits per heavy atom. The van der Waals surface area contributed by atoms with Crippen LogP contribution in [0.3, 0.4) is 0 Å². The Morgan fingerprint density at radius 3 is 2.42 bits per heavy atom. The number of aromatic nitrogens is 2. The second-order valence-electron chi connectivity index (χ2n) is 10.2. The molecule has 10 nitrogen and oxygen atoms in total. The molecule has 0 aliphatic carbocycles. The predicted octanol–water partition coefficient (Wildman–Crippen LogP) is 3.71. The smallest absolute Gasteiger partial charge is 0.161 e. The van der Waals surface area contributed by atoms with Crippen molar-refractivity contribution in [2.75, 3.05) is 62.8 Å². The highest BCUT2D eigenvalue weighted by Gasteiger charge is 2.29. The fourth-order valence-electron chi connectivity index (χ4n) is 5.29. The van der Waals surface area contributed by atoms with Gasteiger partial charge in [-0.15, -0.1) is 0 Å². The van der Waals surface area contributed by atoms with Crippen molar-refractivity contribution < 1.29 is 14.2 Å². The zero-order valence-electron chi connectivity index (χ0n) is 22.3. The summed E-state index contributed by atoms with van der Waals surface area (Å²) in [5, 5.41) is 22.9. The number of benzene rings is 2. The van der Waals surface area contributed by atoms with Crippen LogP contribution < -0.4 is 15.0 Å². The molecule has 0 amide bonds. The average Bonchev–Trinajstić information content (AvgIpc) is 2.97. The highest BCUT2D eigenvalue weighted by atomic mass is 16.5. The van der Waals surface area contributed by atoms with E-state index in [4.69, 9.17) is 14.2 Å². The standard InChI is InChI=1S/C30H31N7O3/c31-17-22-16-24(2-3-27(22)37-11-9-36(10-12-37)25-19-39-20-25)34-29-5-8-33-30(35-29)21-1-4-28(23(15-21)18-32)40-26-6-13-38-14-7-26/h1-5,8,15-16,25-26H,6-7,9-14,19-20H2,(H,33,34,35). The van der Waals surface area contributed by atoms with Crippen LogP contribution in [0.15, 0.2) is 48.7 Å². The van der Waals surface area contributed by atoms with Gasteiger partial charge in [0.25, 0.3) is 0 Å². The summed E-state index contributed by atoms with van der Waals surface area (Å²) in [5.41, 5.74) is 3.52. The molecule has 0 unspecified atom stereocenters. The molecule has 0 saturated carbocycles. The number of nitriles is 2. The third kappa shape index (κ3) is 5.70. The molecule has 2 aromatic carbocycles. The SMILES string of the molecule is N#Cc1cc(-c2nccc(Nc3ccc(N4CCN(C5COC5)CC4)c(C#N)c3)n2)ccc1OC1CCOCC1. The van der Waals surface area contributed by atoms with E-state index in [0.29, 0.717) is 47.8 Å². The largest absolute Gasteiger partial charge is 0.489 e. The minimum Gasteiger partial charge on any atom is -0.489 e. The molecule has 3 aliphatic heterocycles. The summed E-state index contributed by atoms with van der Waals surface area (Å²) in [6, 6.07) is 18.2. The number of anilines is 3. The highest BCUT2D eigenvalue weighted by molar-refractivity contribution is 5.69. The van der Waals surface area contributed by atoms with Crippen molar-refractivity contribution in [1.29, 1.82) is 10.5 Å². The third-order valence-electron chi connectivity index (χ3n) is 7.66. The summed E-state index contributed by atoms with van der Waals surface area (Å²) in [6.45, 7) is 6.70. The van der Waals surface area contributed by atoms with E-state index < -0.39 is 0 Å². The summed E-state index contributed by atoms with van der Waals surface area (Å²) < 4.78 is 16.8. The summed E-state index contributed by atoms with van der Waals surface area (Å²) in [7, 11) is 0. The molecule has 40 heavy (non-hydrogen) atoms.